The highest BCUT2D eigenvalue weighted by molar-refractivity contribution is 5.81. The van der Waals surface area contributed by atoms with Crippen molar-refractivity contribution in [2.24, 2.45) is 0 Å². The van der Waals surface area contributed by atoms with Crippen LogP contribution >= 0.6 is 0 Å². The molecule has 0 bridgehead atoms. The van der Waals surface area contributed by atoms with Crippen LogP contribution < -0.4 is 0 Å². The Hall–Kier alpha value is -1.57. The van der Waals surface area contributed by atoms with Gasteiger partial charge in [-0.1, -0.05) is 120 Å². The minimum atomic E-state index is -0.217. The molecule has 0 saturated heterocycles. The van der Waals surface area contributed by atoms with E-state index in [1.807, 2.05) is 24.3 Å². The second-order valence-electron chi connectivity index (χ2n) is 7.84. The maximum atomic E-state index is 11.7. The van der Waals surface area contributed by atoms with E-state index in [0.717, 1.165) is 12.8 Å². The standard InChI is InChI=1S/C26H42O2/c1-2-3-4-5-6-7-8-9-10-11-12-13-14-15-19-22-26(27)28-24-23-25-20-17-16-18-21-25/h16-22H,2-15,23-24H2,1H3. The Morgan fingerprint density at radius 2 is 1.32 bits per heavy atom. The van der Waals surface area contributed by atoms with Gasteiger partial charge in [-0.25, -0.2) is 4.79 Å². The smallest absolute Gasteiger partial charge is 0.330 e. The molecule has 0 atom stereocenters. The van der Waals surface area contributed by atoms with Crippen molar-refractivity contribution < 1.29 is 9.53 Å². The van der Waals surface area contributed by atoms with Gasteiger partial charge in [0.15, 0.2) is 0 Å². The van der Waals surface area contributed by atoms with Gasteiger partial charge in [-0.2, -0.15) is 0 Å². The molecule has 0 amide bonds. The lowest BCUT2D eigenvalue weighted by Gasteiger charge is -2.03. The largest absolute Gasteiger partial charge is 0.462 e. The lowest BCUT2D eigenvalue weighted by atomic mass is 10.0. The van der Waals surface area contributed by atoms with E-state index in [9.17, 15) is 4.79 Å². The molecule has 0 fully saturated rings. The lowest BCUT2D eigenvalue weighted by molar-refractivity contribution is -0.137. The average molecular weight is 387 g/mol. The van der Waals surface area contributed by atoms with E-state index >= 15 is 0 Å². The molecule has 1 rings (SSSR count). The van der Waals surface area contributed by atoms with Gasteiger partial charge in [-0.15, -0.1) is 0 Å². The second kappa shape index (κ2) is 18.8. The molecular weight excluding hydrogens is 344 g/mol. The van der Waals surface area contributed by atoms with Gasteiger partial charge in [0.05, 0.1) is 6.61 Å². The molecule has 1 aromatic rings. The molecular formula is C26H42O2. The van der Waals surface area contributed by atoms with Crippen LogP contribution in [-0.4, -0.2) is 12.6 Å². The molecule has 0 aliphatic rings. The first-order valence-corrected chi connectivity index (χ1v) is 11.7. The van der Waals surface area contributed by atoms with Crippen molar-refractivity contribution >= 4 is 5.97 Å². The van der Waals surface area contributed by atoms with E-state index in [-0.39, 0.29) is 5.97 Å². The minimum Gasteiger partial charge on any atom is -0.462 e. The number of carbonyl (C=O) groups is 1. The van der Waals surface area contributed by atoms with Crippen molar-refractivity contribution in [1.82, 2.24) is 0 Å². The van der Waals surface area contributed by atoms with Crippen molar-refractivity contribution in [1.29, 1.82) is 0 Å². The summed E-state index contributed by atoms with van der Waals surface area (Å²) < 4.78 is 5.24. The summed E-state index contributed by atoms with van der Waals surface area (Å²) in [5.41, 5.74) is 1.20. The molecule has 0 saturated carbocycles. The van der Waals surface area contributed by atoms with Crippen molar-refractivity contribution in [3.05, 3.63) is 48.0 Å². The lowest BCUT2D eigenvalue weighted by Crippen LogP contribution is -2.04. The van der Waals surface area contributed by atoms with E-state index in [1.54, 1.807) is 6.08 Å². The molecule has 0 heterocycles. The monoisotopic (exact) mass is 386 g/mol. The number of benzene rings is 1. The highest BCUT2D eigenvalue weighted by Gasteiger charge is 1.98. The van der Waals surface area contributed by atoms with Crippen LogP contribution in [0.25, 0.3) is 0 Å². The predicted octanol–water partition coefficient (Wildman–Crippen LogP) is 7.81. The number of ether oxygens (including phenoxy) is 1. The number of allylic oxidation sites excluding steroid dienone is 1. The molecule has 28 heavy (non-hydrogen) atoms. The molecule has 0 aromatic heterocycles. The van der Waals surface area contributed by atoms with E-state index in [4.69, 9.17) is 4.74 Å². The molecule has 0 N–H and O–H groups in total. The fraction of sp³-hybridized carbons (Fsp3) is 0.654. The van der Waals surface area contributed by atoms with E-state index in [2.05, 4.69) is 19.1 Å². The zero-order chi connectivity index (χ0) is 20.1. The van der Waals surface area contributed by atoms with Crippen LogP contribution in [0.2, 0.25) is 0 Å². The summed E-state index contributed by atoms with van der Waals surface area (Å²) in [7, 11) is 0. The summed E-state index contributed by atoms with van der Waals surface area (Å²) in [6.45, 7) is 2.73. The normalized spacial score (nSPS) is 11.2. The van der Waals surface area contributed by atoms with E-state index < -0.39 is 0 Å². The molecule has 2 nitrogen and oxygen atoms in total. The quantitative estimate of drug-likeness (QED) is 0.146. The van der Waals surface area contributed by atoms with E-state index in [0.29, 0.717) is 6.61 Å². The first-order chi connectivity index (χ1) is 13.8. The summed E-state index contributed by atoms with van der Waals surface area (Å²) in [6, 6.07) is 10.1. The van der Waals surface area contributed by atoms with Crippen LogP contribution in [0.1, 0.15) is 102 Å². The summed E-state index contributed by atoms with van der Waals surface area (Å²) >= 11 is 0. The first kappa shape index (κ1) is 24.5. The van der Waals surface area contributed by atoms with Crippen LogP contribution in [-0.2, 0) is 16.0 Å². The van der Waals surface area contributed by atoms with E-state index in [1.165, 1.54) is 89.0 Å². The molecule has 1 aromatic carbocycles. The third-order valence-electron chi connectivity index (χ3n) is 5.21. The molecule has 0 aliphatic heterocycles. The number of rotatable bonds is 18. The highest BCUT2D eigenvalue weighted by Crippen LogP contribution is 2.13. The van der Waals surface area contributed by atoms with Gasteiger partial charge >= 0.3 is 5.97 Å². The fourth-order valence-corrected chi connectivity index (χ4v) is 3.42. The average Bonchev–Trinajstić information content (AvgIpc) is 2.71. The maximum Gasteiger partial charge on any atom is 0.330 e. The second-order valence-corrected chi connectivity index (χ2v) is 7.84. The summed E-state index contributed by atoms with van der Waals surface area (Å²) in [4.78, 5) is 11.7. The Labute approximate surface area is 173 Å². The molecule has 0 unspecified atom stereocenters. The summed E-state index contributed by atoms with van der Waals surface area (Å²) in [6.07, 6.45) is 23.1. The Balaban J connectivity index is 1.82. The van der Waals surface area contributed by atoms with Crippen molar-refractivity contribution in [3.8, 4) is 0 Å². The number of carbonyl (C=O) groups excluding carboxylic acids is 1. The van der Waals surface area contributed by atoms with Crippen LogP contribution in [0.4, 0.5) is 0 Å². The molecule has 0 spiro atoms. The summed E-state index contributed by atoms with van der Waals surface area (Å²) in [5, 5.41) is 0. The predicted molar refractivity (Wildman–Crippen MR) is 121 cm³/mol. The molecule has 158 valence electrons. The first-order valence-electron chi connectivity index (χ1n) is 11.7. The molecule has 2 heteroatoms. The van der Waals surface area contributed by atoms with Gasteiger partial charge in [0.2, 0.25) is 0 Å². The molecule has 0 radical (unpaired) electrons. The zero-order valence-electron chi connectivity index (χ0n) is 18.2. The van der Waals surface area contributed by atoms with Crippen LogP contribution in [0.15, 0.2) is 42.5 Å². The third-order valence-corrected chi connectivity index (χ3v) is 5.21. The maximum absolute atomic E-state index is 11.7. The van der Waals surface area contributed by atoms with Crippen molar-refractivity contribution in [2.75, 3.05) is 6.61 Å². The van der Waals surface area contributed by atoms with Gasteiger partial charge < -0.3 is 4.74 Å². The fourth-order valence-electron chi connectivity index (χ4n) is 3.42. The van der Waals surface area contributed by atoms with Crippen molar-refractivity contribution in [3.63, 3.8) is 0 Å². The zero-order valence-corrected chi connectivity index (χ0v) is 18.2. The van der Waals surface area contributed by atoms with Gasteiger partial charge in [0.1, 0.15) is 0 Å². The Kier molecular flexibility index (Phi) is 16.4. The van der Waals surface area contributed by atoms with Crippen LogP contribution in [0, 0.1) is 0 Å². The topological polar surface area (TPSA) is 26.3 Å². The van der Waals surface area contributed by atoms with Gasteiger partial charge in [-0.05, 0) is 18.4 Å². The third kappa shape index (κ3) is 15.5. The number of esters is 1. The van der Waals surface area contributed by atoms with Gasteiger partial charge in [-0.3, -0.25) is 0 Å². The Morgan fingerprint density at radius 3 is 1.89 bits per heavy atom. The minimum absolute atomic E-state index is 0.217. The van der Waals surface area contributed by atoms with Gasteiger partial charge in [0, 0.05) is 12.5 Å². The van der Waals surface area contributed by atoms with Crippen LogP contribution in [0.5, 0.6) is 0 Å². The summed E-state index contributed by atoms with van der Waals surface area (Å²) in [5.74, 6) is -0.217. The van der Waals surface area contributed by atoms with Crippen LogP contribution in [0.3, 0.4) is 0 Å². The number of hydrogen-bond donors (Lipinski definition) is 0. The number of hydrogen-bond acceptors (Lipinski definition) is 2. The number of unbranched alkanes of at least 4 members (excludes halogenated alkanes) is 13. The van der Waals surface area contributed by atoms with Gasteiger partial charge in [0.25, 0.3) is 0 Å². The Bertz CT molecular complexity index is 492. The Morgan fingerprint density at radius 1 is 0.786 bits per heavy atom. The van der Waals surface area contributed by atoms with Crippen molar-refractivity contribution in [2.45, 2.75) is 103 Å². The molecule has 0 aliphatic carbocycles. The SMILES string of the molecule is CCCCCCCCCCCCCCCC=CC(=O)OCCc1ccccc1. The highest BCUT2D eigenvalue weighted by atomic mass is 16.5.